The highest BCUT2D eigenvalue weighted by atomic mass is 19.1. The maximum Gasteiger partial charge on any atom is 0.270 e. The molecule has 0 bridgehead atoms. The molecule has 20 heavy (non-hydrogen) atoms. The Hall–Kier alpha value is -2.43. The third-order valence-corrected chi connectivity index (χ3v) is 2.91. The van der Waals surface area contributed by atoms with Gasteiger partial charge < -0.3 is 10.1 Å². The van der Waals surface area contributed by atoms with Gasteiger partial charge in [0.05, 0.1) is 13.2 Å². The van der Waals surface area contributed by atoms with Crippen LogP contribution in [0.25, 0.3) is 0 Å². The van der Waals surface area contributed by atoms with Crippen molar-refractivity contribution in [2.45, 2.75) is 13.0 Å². The van der Waals surface area contributed by atoms with Gasteiger partial charge in [-0.05, 0) is 36.8 Å². The lowest BCUT2D eigenvalue weighted by Gasteiger charge is -2.14. The van der Waals surface area contributed by atoms with Gasteiger partial charge in [0.15, 0.2) is 0 Å². The number of rotatable bonds is 4. The minimum atomic E-state index is -0.672. The second kappa shape index (κ2) is 6.14. The molecule has 104 valence electrons. The van der Waals surface area contributed by atoms with Crippen molar-refractivity contribution < 1.29 is 13.9 Å². The van der Waals surface area contributed by atoms with Gasteiger partial charge in [-0.25, -0.2) is 4.98 Å². The molecule has 0 aliphatic carbocycles. The van der Waals surface area contributed by atoms with Gasteiger partial charge in [0.25, 0.3) is 5.91 Å². The summed E-state index contributed by atoms with van der Waals surface area (Å²) in [6, 6.07) is 11.3. The van der Waals surface area contributed by atoms with Crippen LogP contribution < -0.4 is 10.1 Å². The molecule has 1 aromatic carbocycles. The van der Waals surface area contributed by atoms with Gasteiger partial charge >= 0.3 is 0 Å². The number of hydrogen-bond donors (Lipinski definition) is 1. The van der Waals surface area contributed by atoms with Crippen LogP contribution in [0.5, 0.6) is 5.75 Å². The number of halogens is 1. The van der Waals surface area contributed by atoms with E-state index in [1.54, 1.807) is 7.11 Å². The fourth-order valence-electron chi connectivity index (χ4n) is 1.78. The SMILES string of the molecule is COc1ccc(C(C)NC(=O)c2cccc(F)n2)cc1. The Bertz CT molecular complexity index is 599. The highest BCUT2D eigenvalue weighted by Gasteiger charge is 2.13. The minimum Gasteiger partial charge on any atom is -0.497 e. The Morgan fingerprint density at radius 2 is 1.95 bits per heavy atom. The Balaban J connectivity index is 2.06. The second-order valence-electron chi connectivity index (χ2n) is 4.31. The first-order chi connectivity index (χ1) is 9.60. The molecule has 0 aliphatic rings. The van der Waals surface area contributed by atoms with E-state index in [-0.39, 0.29) is 11.7 Å². The number of nitrogens with one attached hydrogen (secondary N) is 1. The van der Waals surface area contributed by atoms with E-state index in [0.717, 1.165) is 11.3 Å². The summed E-state index contributed by atoms with van der Waals surface area (Å²) in [4.78, 5) is 15.5. The van der Waals surface area contributed by atoms with Gasteiger partial charge in [0, 0.05) is 0 Å². The first kappa shape index (κ1) is 14.0. The van der Waals surface area contributed by atoms with Crippen LogP contribution in [0.2, 0.25) is 0 Å². The number of carbonyl (C=O) groups is 1. The van der Waals surface area contributed by atoms with Crippen LogP contribution in [-0.4, -0.2) is 18.0 Å². The van der Waals surface area contributed by atoms with Crippen LogP contribution in [0, 0.1) is 5.95 Å². The van der Waals surface area contributed by atoms with E-state index >= 15 is 0 Å². The highest BCUT2D eigenvalue weighted by Crippen LogP contribution is 2.17. The van der Waals surface area contributed by atoms with Crippen molar-refractivity contribution in [2.75, 3.05) is 7.11 Å². The summed E-state index contributed by atoms with van der Waals surface area (Å²) in [6.45, 7) is 1.85. The lowest BCUT2D eigenvalue weighted by Crippen LogP contribution is -2.27. The van der Waals surface area contributed by atoms with E-state index in [9.17, 15) is 9.18 Å². The van der Waals surface area contributed by atoms with Gasteiger partial charge in [0.1, 0.15) is 11.4 Å². The smallest absolute Gasteiger partial charge is 0.270 e. The molecule has 0 fully saturated rings. The number of methoxy groups -OCH3 is 1. The molecule has 1 amide bonds. The second-order valence-corrected chi connectivity index (χ2v) is 4.31. The van der Waals surface area contributed by atoms with Crippen molar-refractivity contribution >= 4 is 5.91 Å². The van der Waals surface area contributed by atoms with Crippen molar-refractivity contribution in [1.29, 1.82) is 0 Å². The molecule has 0 saturated carbocycles. The fraction of sp³-hybridized carbons (Fsp3) is 0.200. The zero-order chi connectivity index (χ0) is 14.5. The lowest BCUT2D eigenvalue weighted by atomic mass is 10.1. The normalized spacial score (nSPS) is 11.8. The number of aromatic nitrogens is 1. The quantitative estimate of drug-likeness (QED) is 0.872. The maximum absolute atomic E-state index is 13.0. The van der Waals surface area contributed by atoms with E-state index in [0.29, 0.717) is 0 Å². The molecule has 0 spiro atoms. The summed E-state index contributed by atoms with van der Waals surface area (Å²) in [5.74, 6) is -0.332. The van der Waals surface area contributed by atoms with Gasteiger partial charge in [0.2, 0.25) is 5.95 Å². The van der Waals surface area contributed by atoms with Crippen molar-refractivity contribution in [3.8, 4) is 5.75 Å². The minimum absolute atomic E-state index is 0.0605. The zero-order valence-electron chi connectivity index (χ0n) is 11.3. The van der Waals surface area contributed by atoms with Crippen LogP contribution in [-0.2, 0) is 0 Å². The van der Waals surface area contributed by atoms with Crippen LogP contribution >= 0.6 is 0 Å². The molecule has 0 radical (unpaired) electrons. The third-order valence-electron chi connectivity index (χ3n) is 2.91. The number of hydrogen-bond acceptors (Lipinski definition) is 3. The molecule has 2 aromatic rings. The zero-order valence-corrected chi connectivity index (χ0v) is 11.3. The summed E-state index contributed by atoms with van der Waals surface area (Å²) < 4.78 is 18.0. The summed E-state index contributed by atoms with van der Waals surface area (Å²) in [5.41, 5.74) is 0.987. The van der Waals surface area contributed by atoms with Gasteiger partial charge in [-0.1, -0.05) is 18.2 Å². The molecule has 4 nitrogen and oxygen atoms in total. The number of ether oxygens (including phenoxy) is 1. The van der Waals surface area contributed by atoms with Gasteiger partial charge in [-0.15, -0.1) is 0 Å². The molecule has 1 N–H and O–H groups in total. The van der Waals surface area contributed by atoms with E-state index < -0.39 is 11.9 Å². The van der Waals surface area contributed by atoms with Crippen molar-refractivity contribution in [1.82, 2.24) is 10.3 Å². The predicted molar refractivity (Wildman–Crippen MR) is 73.1 cm³/mol. The number of amides is 1. The average molecular weight is 274 g/mol. The molecule has 0 aliphatic heterocycles. The van der Waals surface area contributed by atoms with Gasteiger partial charge in [-0.2, -0.15) is 4.39 Å². The molecular weight excluding hydrogens is 259 g/mol. The molecule has 1 unspecified atom stereocenters. The van der Waals surface area contributed by atoms with Crippen LogP contribution in [0.1, 0.15) is 29.0 Å². The lowest BCUT2D eigenvalue weighted by molar-refractivity contribution is 0.0933. The van der Waals surface area contributed by atoms with Gasteiger partial charge in [-0.3, -0.25) is 4.79 Å². The Morgan fingerprint density at radius 1 is 1.25 bits per heavy atom. The number of carbonyl (C=O) groups excluding carboxylic acids is 1. The number of nitrogens with zero attached hydrogens (tertiary/aromatic N) is 1. The van der Waals surface area contributed by atoms with Crippen LogP contribution in [0.4, 0.5) is 4.39 Å². The molecule has 0 saturated heterocycles. The Morgan fingerprint density at radius 3 is 2.55 bits per heavy atom. The molecule has 2 rings (SSSR count). The van der Waals surface area contributed by atoms with Crippen molar-refractivity contribution in [3.05, 3.63) is 59.7 Å². The Labute approximate surface area is 116 Å². The van der Waals surface area contributed by atoms with Crippen LogP contribution in [0.3, 0.4) is 0 Å². The van der Waals surface area contributed by atoms with E-state index in [2.05, 4.69) is 10.3 Å². The van der Waals surface area contributed by atoms with Crippen molar-refractivity contribution in [3.63, 3.8) is 0 Å². The van der Waals surface area contributed by atoms with E-state index in [1.165, 1.54) is 18.2 Å². The average Bonchev–Trinajstić information content (AvgIpc) is 2.47. The third kappa shape index (κ3) is 3.32. The molecule has 5 heteroatoms. The summed E-state index contributed by atoms with van der Waals surface area (Å²) in [6.07, 6.45) is 0. The molecule has 1 aromatic heterocycles. The van der Waals surface area contributed by atoms with E-state index in [1.807, 2.05) is 31.2 Å². The fourth-order valence-corrected chi connectivity index (χ4v) is 1.78. The van der Waals surface area contributed by atoms with E-state index in [4.69, 9.17) is 4.74 Å². The van der Waals surface area contributed by atoms with Crippen LogP contribution in [0.15, 0.2) is 42.5 Å². The molecular formula is C15H15FN2O2. The largest absolute Gasteiger partial charge is 0.497 e. The Kier molecular flexibility index (Phi) is 4.30. The predicted octanol–water partition coefficient (Wildman–Crippen LogP) is 2.72. The first-order valence-electron chi connectivity index (χ1n) is 6.17. The molecule has 1 heterocycles. The van der Waals surface area contributed by atoms with Crippen molar-refractivity contribution in [2.24, 2.45) is 0 Å². The number of pyridine rings is 1. The maximum atomic E-state index is 13.0. The summed E-state index contributed by atoms with van der Waals surface area (Å²) in [5, 5.41) is 2.77. The summed E-state index contributed by atoms with van der Waals surface area (Å²) >= 11 is 0. The monoisotopic (exact) mass is 274 g/mol. The highest BCUT2D eigenvalue weighted by molar-refractivity contribution is 5.92. The standard InChI is InChI=1S/C15H15FN2O2/c1-10(11-6-8-12(20-2)9-7-11)17-15(19)13-4-3-5-14(16)18-13/h3-10H,1-2H3,(H,17,19). The summed E-state index contributed by atoms with van der Waals surface area (Å²) in [7, 11) is 1.59. The first-order valence-corrected chi connectivity index (χ1v) is 6.17. The number of benzene rings is 1. The molecule has 1 atom stereocenters. The topological polar surface area (TPSA) is 51.2 Å².